The highest BCUT2D eigenvalue weighted by atomic mass is 16.7. The summed E-state index contributed by atoms with van der Waals surface area (Å²) >= 11 is 0. The molecule has 1 aliphatic heterocycles. The van der Waals surface area contributed by atoms with Gasteiger partial charge in [-0.25, -0.2) is 0 Å². The van der Waals surface area contributed by atoms with Crippen LogP contribution in [0.4, 0.5) is 0 Å². The van der Waals surface area contributed by atoms with Crippen molar-refractivity contribution in [2.75, 3.05) is 0 Å². The largest absolute Gasteiger partial charge is 0.427 e. The van der Waals surface area contributed by atoms with Gasteiger partial charge in [0.2, 0.25) is 0 Å². The van der Waals surface area contributed by atoms with Gasteiger partial charge in [-0.05, 0) is 31.5 Å². The van der Waals surface area contributed by atoms with Crippen LogP contribution in [0.25, 0.3) is 0 Å². The first-order valence-corrected chi connectivity index (χ1v) is 6.14. The molecule has 0 unspecified atom stereocenters. The Kier molecular flexibility index (Phi) is 3.99. The van der Waals surface area contributed by atoms with Gasteiger partial charge in [0.25, 0.3) is 0 Å². The van der Waals surface area contributed by atoms with Gasteiger partial charge in [-0.2, -0.15) is 0 Å². The predicted octanol–water partition coefficient (Wildman–Crippen LogP) is 2.82. The number of ether oxygens (including phenoxy) is 3. The molecule has 0 bridgehead atoms. The van der Waals surface area contributed by atoms with Crippen LogP contribution in [0, 0.1) is 0 Å². The van der Waals surface area contributed by atoms with Gasteiger partial charge in [0.15, 0.2) is 6.29 Å². The number of carbonyl (C=O) groups excluding carboxylic acids is 1. The molecule has 4 nitrogen and oxygen atoms in total. The second-order valence-electron chi connectivity index (χ2n) is 4.54. The zero-order valence-corrected chi connectivity index (χ0v) is 10.9. The SMILES string of the molecule is CC(=O)Oc1ccc([C@@H]2C[C@H](C)O[C@H](C)O2)cc1. The second kappa shape index (κ2) is 5.50. The molecule has 0 amide bonds. The lowest BCUT2D eigenvalue weighted by atomic mass is 10.0. The lowest BCUT2D eigenvalue weighted by molar-refractivity contribution is -0.231. The summed E-state index contributed by atoms with van der Waals surface area (Å²) in [4.78, 5) is 10.8. The molecule has 18 heavy (non-hydrogen) atoms. The van der Waals surface area contributed by atoms with Crippen molar-refractivity contribution in [3.8, 4) is 5.75 Å². The molecule has 0 aliphatic carbocycles. The van der Waals surface area contributed by atoms with Crippen molar-refractivity contribution in [3.63, 3.8) is 0 Å². The van der Waals surface area contributed by atoms with Crippen LogP contribution in [0.5, 0.6) is 5.75 Å². The third kappa shape index (κ3) is 3.31. The van der Waals surface area contributed by atoms with E-state index in [1.54, 1.807) is 12.1 Å². The molecule has 3 atom stereocenters. The molecule has 4 heteroatoms. The quantitative estimate of drug-likeness (QED) is 0.598. The summed E-state index contributed by atoms with van der Waals surface area (Å²) in [6.07, 6.45) is 0.867. The van der Waals surface area contributed by atoms with E-state index in [-0.39, 0.29) is 24.5 Å². The fourth-order valence-electron chi connectivity index (χ4n) is 2.13. The summed E-state index contributed by atoms with van der Waals surface area (Å²) in [5.41, 5.74) is 1.08. The van der Waals surface area contributed by atoms with Crippen LogP contribution >= 0.6 is 0 Å². The van der Waals surface area contributed by atoms with E-state index in [1.807, 2.05) is 26.0 Å². The van der Waals surface area contributed by atoms with Crippen molar-refractivity contribution >= 4 is 5.97 Å². The van der Waals surface area contributed by atoms with Crippen molar-refractivity contribution in [2.24, 2.45) is 0 Å². The Morgan fingerprint density at radius 3 is 2.44 bits per heavy atom. The van der Waals surface area contributed by atoms with E-state index >= 15 is 0 Å². The highest BCUT2D eigenvalue weighted by Gasteiger charge is 2.25. The number of hydrogen-bond donors (Lipinski definition) is 0. The summed E-state index contributed by atoms with van der Waals surface area (Å²) in [5.74, 6) is 0.242. The van der Waals surface area contributed by atoms with E-state index in [0.29, 0.717) is 5.75 Å². The summed E-state index contributed by atoms with van der Waals surface area (Å²) in [5, 5.41) is 0. The monoisotopic (exact) mass is 250 g/mol. The lowest BCUT2D eigenvalue weighted by Gasteiger charge is -2.32. The summed E-state index contributed by atoms with van der Waals surface area (Å²) in [7, 11) is 0. The number of esters is 1. The van der Waals surface area contributed by atoms with Crippen molar-refractivity contribution in [1.29, 1.82) is 0 Å². The number of benzene rings is 1. The van der Waals surface area contributed by atoms with E-state index in [2.05, 4.69) is 0 Å². The van der Waals surface area contributed by atoms with Crippen molar-refractivity contribution in [2.45, 2.75) is 45.7 Å². The molecule has 0 N–H and O–H groups in total. The van der Waals surface area contributed by atoms with Crippen LogP contribution in [0.15, 0.2) is 24.3 Å². The maximum Gasteiger partial charge on any atom is 0.308 e. The van der Waals surface area contributed by atoms with Crippen molar-refractivity contribution in [1.82, 2.24) is 0 Å². The second-order valence-corrected chi connectivity index (χ2v) is 4.54. The van der Waals surface area contributed by atoms with Gasteiger partial charge in [-0.3, -0.25) is 4.79 Å². The number of rotatable bonds is 2. The molecule has 0 radical (unpaired) electrons. The highest BCUT2D eigenvalue weighted by Crippen LogP contribution is 2.31. The topological polar surface area (TPSA) is 44.8 Å². The number of hydrogen-bond acceptors (Lipinski definition) is 4. The van der Waals surface area contributed by atoms with E-state index in [1.165, 1.54) is 6.92 Å². The Hall–Kier alpha value is -1.39. The minimum Gasteiger partial charge on any atom is -0.427 e. The third-order valence-corrected chi connectivity index (χ3v) is 2.84. The fourth-order valence-corrected chi connectivity index (χ4v) is 2.13. The molecular weight excluding hydrogens is 232 g/mol. The Bertz CT molecular complexity index is 402. The molecule has 1 aromatic carbocycles. The van der Waals surface area contributed by atoms with Crippen LogP contribution in [0.2, 0.25) is 0 Å². The minimum atomic E-state index is -0.313. The van der Waals surface area contributed by atoms with Gasteiger partial charge < -0.3 is 14.2 Å². The summed E-state index contributed by atoms with van der Waals surface area (Å²) < 4.78 is 16.3. The van der Waals surface area contributed by atoms with Gasteiger partial charge in [-0.15, -0.1) is 0 Å². The first kappa shape index (κ1) is 13.1. The van der Waals surface area contributed by atoms with Gasteiger partial charge in [0, 0.05) is 13.3 Å². The first-order chi connectivity index (χ1) is 8.54. The lowest BCUT2D eigenvalue weighted by Crippen LogP contribution is -2.30. The normalized spacial score (nSPS) is 27.8. The zero-order valence-electron chi connectivity index (χ0n) is 10.9. The van der Waals surface area contributed by atoms with Crippen LogP contribution in [0.1, 0.15) is 38.9 Å². The molecule has 1 saturated heterocycles. The Morgan fingerprint density at radius 2 is 1.89 bits per heavy atom. The van der Waals surface area contributed by atoms with Crippen LogP contribution in [-0.4, -0.2) is 18.4 Å². The maximum atomic E-state index is 10.8. The Morgan fingerprint density at radius 1 is 1.22 bits per heavy atom. The molecule has 98 valence electrons. The molecule has 2 rings (SSSR count). The van der Waals surface area contributed by atoms with Gasteiger partial charge in [0.05, 0.1) is 12.2 Å². The average molecular weight is 250 g/mol. The molecule has 0 spiro atoms. The van der Waals surface area contributed by atoms with E-state index in [4.69, 9.17) is 14.2 Å². The summed E-state index contributed by atoms with van der Waals surface area (Å²) in [6.45, 7) is 5.33. The van der Waals surface area contributed by atoms with Gasteiger partial charge in [0.1, 0.15) is 5.75 Å². The Balaban J connectivity index is 2.06. The maximum absolute atomic E-state index is 10.8. The molecule has 1 aromatic rings. The highest BCUT2D eigenvalue weighted by molar-refractivity contribution is 5.69. The average Bonchev–Trinajstić information content (AvgIpc) is 2.27. The van der Waals surface area contributed by atoms with Crippen LogP contribution in [0.3, 0.4) is 0 Å². The molecule has 1 fully saturated rings. The number of carbonyl (C=O) groups is 1. The van der Waals surface area contributed by atoms with Crippen LogP contribution < -0.4 is 4.74 Å². The Labute approximate surface area is 107 Å². The van der Waals surface area contributed by atoms with E-state index in [9.17, 15) is 4.79 Å². The third-order valence-electron chi connectivity index (χ3n) is 2.84. The standard InChI is InChI=1S/C14H18O4/c1-9-8-14(18-11(3)16-9)12-4-6-13(7-5-12)17-10(2)15/h4-7,9,11,14H,8H2,1-3H3/t9-,11-,14-/m0/s1. The molecule has 1 aliphatic rings. The van der Waals surface area contributed by atoms with Crippen molar-refractivity contribution < 1.29 is 19.0 Å². The van der Waals surface area contributed by atoms with E-state index < -0.39 is 0 Å². The molecule has 1 heterocycles. The van der Waals surface area contributed by atoms with Crippen LogP contribution in [-0.2, 0) is 14.3 Å². The first-order valence-electron chi connectivity index (χ1n) is 6.14. The van der Waals surface area contributed by atoms with Crippen molar-refractivity contribution in [3.05, 3.63) is 29.8 Å². The minimum absolute atomic E-state index is 0.0372. The zero-order chi connectivity index (χ0) is 13.1. The molecule has 0 saturated carbocycles. The smallest absolute Gasteiger partial charge is 0.308 e. The van der Waals surface area contributed by atoms with E-state index in [0.717, 1.165) is 12.0 Å². The molecule has 0 aromatic heterocycles. The fraction of sp³-hybridized carbons (Fsp3) is 0.500. The molecular formula is C14H18O4. The van der Waals surface area contributed by atoms with Gasteiger partial charge in [-0.1, -0.05) is 12.1 Å². The van der Waals surface area contributed by atoms with Gasteiger partial charge >= 0.3 is 5.97 Å². The summed E-state index contributed by atoms with van der Waals surface area (Å²) in [6, 6.07) is 7.41. The predicted molar refractivity (Wildman–Crippen MR) is 66.2 cm³/mol.